The van der Waals surface area contributed by atoms with Crippen molar-refractivity contribution in [2.75, 3.05) is 16.8 Å². The average molecular weight is 520 g/mol. The van der Waals surface area contributed by atoms with Gasteiger partial charge in [0, 0.05) is 16.3 Å². The summed E-state index contributed by atoms with van der Waals surface area (Å²) < 4.78 is 1.48. The number of halogens is 1. The normalized spacial score (nSPS) is 14.5. The van der Waals surface area contributed by atoms with Gasteiger partial charge < -0.3 is 5.32 Å². The smallest absolute Gasteiger partial charge is 0.291 e. The van der Waals surface area contributed by atoms with Crippen LogP contribution in [0.1, 0.15) is 5.56 Å². The van der Waals surface area contributed by atoms with Crippen LogP contribution in [0.5, 0.6) is 0 Å². The Morgan fingerprint density at radius 2 is 1.83 bits per heavy atom. The number of hydrogen-bond donors (Lipinski definition) is 1. The zero-order chi connectivity index (χ0) is 24.1. The van der Waals surface area contributed by atoms with Gasteiger partial charge in [-0.05, 0) is 41.8 Å². The SMILES string of the molecule is O=C(CN1C(=O)/C(=c2\sc3nc(-c4cccs4)nn3c2=O)c2ccccc21)Nc1ccc(Cl)cc1. The molecule has 172 valence electrons. The highest BCUT2D eigenvalue weighted by Crippen LogP contribution is 2.35. The molecule has 11 heteroatoms. The second-order valence-electron chi connectivity index (χ2n) is 7.68. The standard InChI is InChI=1S/C24H14ClN5O3S2/c25-13-7-9-14(10-8-13)26-18(31)12-29-16-5-2-1-4-15(16)19(22(29)32)20-23(33)30-24(35-20)27-21(28-30)17-6-3-11-34-17/h1-11H,12H2,(H,26,31)/b20-19-. The lowest BCUT2D eigenvalue weighted by molar-refractivity contribution is -0.118. The van der Waals surface area contributed by atoms with Crippen molar-refractivity contribution in [2.45, 2.75) is 0 Å². The predicted molar refractivity (Wildman–Crippen MR) is 137 cm³/mol. The lowest BCUT2D eigenvalue weighted by Gasteiger charge is -2.16. The van der Waals surface area contributed by atoms with E-state index in [9.17, 15) is 14.4 Å². The van der Waals surface area contributed by atoms with Crippen LogP contribution in [0.15, 0.2) is 70.8 Å². The molecule has 0 unspecified atom stereocenters. The van der Waals surface area contributed by atoms with Gasteiger partial charge in [0.1, 0.15) is 11.1 Å². The van der Waals surface area contributed by atoms with Crippen LogP contribution in [0.25, 0.3) is 21.2 Å². The predicted octanol–water partition coefficient (Wildman–Crippen LogP) is 3.44. The van der Waals surface area contributed by atoms with E-state index in [1.54, 1.807) is 48.5 Å². The maximum atomic E-state index is 13.5. The highest BCUT2D eigenvalue weighted by atomic mass is 35.5. The number of carbonyl (C=O) groups excluding carboxylic acids is 2. The number of rotatable bonds is 4. The number of carbonyl (C=O) groups is 2. The highest BCUT2D eigenvalue weighted by molar-refractivity contribution is 7.15. The Labute approximate surface area is 210 Å². The summed E-state index contributed by atoms with van der Waals surface area (Å²) in [6.07, 6.45) is 0. The summed E-state index contributed by atoms with van der Waals surface area (Å²) in [6.45, 7) is -0.209. The molecule has 6 rings (SSSR count). The van der Waals surface area contributed by atoms with E-state index in [1.165, 1.54) is 20.8 Å². The molecule has 0 saturated heterocycles. The van der Waals surface area contributed by atoms with Gasteiger partial charge in [0.15, 0.2) is 5.82 Å². The number of hydrogen-bond acceptors (Lipinski definition) is 7. The van der Waals surface area contributed by atoms with Crippen LogP contribution in [0.2, 0.25) is 5.02 Å². The van der Waals surface area contributed by atoms with Gasteiger partial charge in [-0.25, -0.2) is 0 Å². The Kier molecular flexibility index (Phi) is 5.21. The Bertz CT molecular complexity index is 1730. The number of amides is 2. The molecule has 2 aromatic carbocycles. The first-order chi connectivity index (χ1) is 17.0. The van der Waals surface area contributed by atoms with Crippen molar-refractivity contribution in [3.05, 3.63) is 91.5 Å². The zero-order valence-corrected chi connectivity index (χ0v) is 20.2. The molecule has 4 heterocycles. The third kappa shape index (κ3) is 3.72. The van der Waals surface area contributed by atoms with E-state index < -0.39 is 11.5 Å². The number of aromatic nitrogens is 3. The van der Waals surface area contributed by atoms with Crippen molar-refractivity contribution in [3.63, 3.8) is 0 Å². The van der Waals surface area contributed by atoms with E-state index in [-0.39, 0.29) is 22.6 Å². The molecule has 0 bridgehead atoms. The molecular weight excluding hydrogens is 506 g/mol. The van der Waals surface area contributed by atoms with Crippen molar-refractivity contribution in [1.82, 2.24) is 14.6 Å². The third-order valence-electron chi connectivity index (χ3n) is 5.48. The second kappa shape index (κ2) is 8.42. The van der Waals surface area contributed by atoms with Gasteiger partial charge in [0.25, 0.3) is 11.5 Å². The topological polar surface area (TPSA) is 96.7 Å². The zero-order valence-electron chi connectivity index (χ0n) is 17.8. The molecule has 1 aliphatic rings. The fraction of sp³-hybridized carbons (Fsp3) is 0.0417. The number of nitrogens with zero attached hydrogens (tertiary/aromatic N) is 4. The molecule has 1 N–H and O–H groups in total. The summed E-state index contributed by atoms with van der Waals surface area (Å²) in [7, 11) is 0. The van der Waals surface area contributed by atoms with Crippen molar-refractivity contribution >= 4 is 68.0 Å². The molecule has 0 atom stereocenters. The molecule has 0 aliphatic carbocycles. The van der Waals surface area contributed by atoms with E-state index in [0.29, 0.717) is 32.7 Å². The Morgan fingerprint density at radius 1 is 1.03 bits per heavy atom. The minimum Gasteiger partial charge on any atom is -0.325 e. The van der Waals surface area contributed by atoms with Crippen LogP contribution in [0.3, 0.4) is 0 Å². The summed E-state index contributed by atoms with van der Waals surface area (Å²) in [4.78, 5) is 46.6. The Morgan fingerprint density at radius 3 is 2.57 bits per heavy atom. The van der Waals surface area contributed by atoms with Gasteiger partial charge in [-0.2, -0.15) is 9.50 Å². The highest BCUT2D eigenvalue weighted by Gasteiger charge is 2.35. The molecule has 2 amide bonds. The van der Waals surface area contributed by atoms with Crippen LogP contribution in [-0.2, 0) is 9.59 Å². The van der Waals surface area contributed by atoms with Crippen LogP contribution in [-0.4, -0.2) is 33.0 Å². The van der Waals surface area contributed by atoms with Crippen molar-refractivity contribution in [1.29, 1.82) is 0 Å². The lowest BCUT2D eigenvalue weighted by Crippen LogP contribution is -2.37. The summed E-state index contributed by atoms with van der Waals surface area (Å²) in [5.41, 5.74) is 1.57. The van der Waals surface area contributed by atoms with Gasteiger partial charge >= 0.3 is 0 Å². The monoisotopic (exact) mass is 519 g/mol. The Balaban J connectivity index is 1.39. The van der Waals surface area contributed by atoms with E-state index >= 15 is 0 Å². The number of thiazole rings is 1. The summed E-state index contributed by atoms with van der Waals surface area (Å²) in [6, 6.07) is 17.6. The van der Waals surface area contributed by atoms with Gasteiger partial charge in [0.2, 0.25) is 10.9 Å². The number of thiophene rings is 1. The maximum Gasteiger partial charge on any atom is 0.291 e. The van der Waals surface area contributed by atoms with E-state index in [1.807, 2.05) is 17.5 Å². The molecule has 0 saturated carbocycles. The van der Waals surface area contributed by atoms with Crippen LogP contribution >= 0.6 is 34.3 Å². The first-order valence-electron chi connectivity index (χ1n) is 10.4. The maximum absolute atomic E-state index is 13.5. The largest absolute Gasteiger partial charge is 0.325 e. The van der Waals surface area contributed by atoms with Crippen LogP contribution in [0, 0.1) is 0 Å². The molecule has 0 fully saturated rings. The van der Waals surface area contributed by atoms with Gasteiger partial charge in [-0.15, -0.1) is 16.4 Å². The number of benzene rings is 2. The molecule has 1 aliphatic heterocycles. The van der Waals surface area contributed by atoms with Crippen LogP contribution < -0.4 is 20.3 Å². The van der Waals surface area contributed by atoms with Gasteiger partial charge in [-0.1, -0.05) is 47.2 Å². The van der Waals surface area contributed by atoms with Crippen LogP contribution in [0.4, 0.5) is 11.4 Å². The minimum absolute atomic E-state index is 0.209. The van der Waals surface area contributed by atoms with Crippen molar-refractivity contribution < 1.29 is 9.59 Å². The summed E-state index contributed by atoms with van der Waals surface area (Å²) in [5, 5.41) is 9.58. The van der Waals surface area contributed by atoms with Crippen molar-refractivity contribution in [2.24, 2.45) is 0 Å². The first kappa shape index (κ1) is 21.7. The molecule has 35 heavy (non-hydrogen) atoms. The molecule has 3 aromatic heterocycles. The second-order valence-corrected chi connectivity index (χ2v) is 10.0. The lowest BCUT2D eigenvalue weighted by atomic mass is 10.1. The fourth-order valence-electron chi connectivity index (χ4n) is 3.93. The number of fused-ring (bicyclic) bond motifs is 2. The third-order valence-corrected chi connectivity index (χ3v) is 7.63. The summed E-state index contributed by atoms with van der Waals surface area (Å²) in [5.74, 6) is -0.321. The minimum atomic E-state index is -0.419. The van der Waals surface area contributed by atoms with Gasteiger partial charge in [-0.3, -0.25) is 19.3 Å². The number of anilines is 2. The first-order valence-corrected chi connectivity index (χ1v) is 12.5. The van der Waals surface area contributed by atoms with E-state index in [0.717, 1.165) is 16.2 Å². The van der Waals surface area contributed by atoms with E-state index in [4.69, 9.17) is 11.6 Å². The van der Waals surface area contributed by atoms with Crippen molar-refractivity contribution in [3.8, 4) is 10.7 Å². The molecule has 5 aromatic rings. The number of nitrogens with one attached hydrogen (secondary N) is 1. The molecular formula is C24H14ClN5O3S2. The molecule has 0 spiro atoms. The number of para-hydroxylation sites is 1. The Hall–Kier alpha value is -3.86. The average Bonchev–Trinajstić information content (AvgIpc) is 3.62. The quantitative estimate of drug-likeness (QED) is 0.392. The van der Waals surface area contributed by atoms with Gasteiger partial charge in [0.05, 0.1) is 16.1 Å². The summed E-state index contributed by atoms with van der Waals surface area (Å²) >= 11 is 8.50. The van der Waals surface area contributed by atoms with E-state index in [2.05, 4.69) is 15.4 Å². The molecule has 8 nitrogen and oxygen atoms in total. The molecule has 0 radical (unpaired) electrons. The fourth-order valence-corrected chi connectivity index (χ4v) is 5.71.